The van der Waals surface area contributed by atoms with E-state index in [4.69, 9.17) is 0 Å². The van der Waals surface area contributed by atoms with Crippen LogP contribution in [0.5, 0.6) is 0 Å². The van der Waals surface area contributed by atoms with E-state index in [1.165, 1.54) is 6.42 Å². The van der Waals surface area contributed by atoms with Crippen LogP contribution in [0.2, 0.25) is 0 Å². The van der Waals surface area contributed by atoms with E-state index in [0.717, 1.165) is 44.9 Å². The van der Waals surface area contributed by atoms with Crippen LogP contribution in [0.4, 0.5) is 0 Å². The van der Waals surface area contributed by atoms with E-state index in [0.29, 0.717) is 25.8 Å². The molecular formula is C24H39N3O4. The fourth-order valence-corrected chi connectivity index (χ4v) is 5.11. The molecule has 3 amide bonds. The Hall–Kier alpha value is -1.92. The first kappa shape index (κ1) is 23.7. The zero-order chi connectivity index (χ0) is 22.6. The molecule has 3 atom stereocenters. The van der Waals surface area contributed by atoms with Crippen LogP contribution >= 0.6 is 0 Å². The first-order valence-corrected chi connectivity index (χ1v) is 12.2. The van der Waals surface area contributed by atoms with Gasteiger partial charge in [0.15, 0.2) is 0 Å². The Morgan fingerprint density at radius 2 is 1.71 bits per heavy atom. The highest BCUT2D eigenvalue weighted by Crippen LogP contribution is 2.43. The van der Waals surface area contributed by atoms with Gasteiger partial charge in [-0.15, -0.1) is 0 Å². The predicted octanol–water partition coefficient (Wildman–Crippen LogP) is 2.72. The number of nitrogens with zero attached hydrogens (tertiary/aromatic N) is 1. The van der Waals surface area contributed by atoms with Gasteiger partial charge in [-0.25, -0.2) is 0 Å². The summed E-state index contributed by atoms with van der Waals surface area (Å²) in [6.07, 6.45) is 9.91. The second-order valence-electron chi connectivity index (χ2n) is 10.1. The number of carbonyl (C=O) groups is 4. The number of amides is 3. The lowest BCUT2D eigenvalue weighted by atomic mass is 9.67. The van der Waals surface area contributed by atoms with Crippen molar-refractivity contribution in [3.05, 3.63) is 0 Å². The number of nitrogens with one attached hydrogen (secondary N) is 2. The summed E-state index contributed by atoms with van der Waals surface area (Å²) in [6, 6.07) is -1.29. The van der Waals surface area contributed by atoms with Gasteiger partial charge in [0.05, 0.1) is 6.04 Å². The van der Waals surface area contributed by atoms with E-state index in [-0.39, 0.29) is 29.2 Å². The molecule has 1 unspecified atom stereocenters. The molecule has 174 valence electrons. The van der Waals surface area contributed by atoms with Crippen molar-refractivity contribution >= 4 is 23.5 Å². The van der Waals surface area contributed by atoms with Crippen LogP contribution in [0.25, 0.3) is 0 Å². The molecule has 1 saturated heterocycles. The average molecular weight is 434 g/mol. The third-order valence-electron chi connectivity index (χ3n) is 7.60. The molecule has 0 aromatic rings. The minimum Gasteiger partial charge on any atom is -0.347 e. The van der Waals surface area contributed by atoms with E-state index in [1.54, 1.807) is 4.90 Å². The van der Waals surface area contributed by atoms with Crippen LogP contribution in [0.15, 0.2) is 0 Å². The van der Waals surface area contributed by atoms with Crippen LogP contribution in [0, 0.1) is 11.3 Å². The highest BCUT2D eigenvalue weighted by Gasteiger charge is 2.43. The summed E-state index contributed by atoms with van der Waals surface area (Å²) in [7, 11) is 0. The summed E-state index contributed by atoms with van der Waals surface area (Å²) in [4.78, 5) is 53.0. The molecule has 31 heavy (non-hydrogen) atoms. The van der Waals surface area contributed by atoms with Gasteiger partial charge in [-0.2, -0.15) is 0 Å². The number of carbonyl (C=O) groups excluding carboxylic acids is 4. The van der Waals surface area contributed by atoms with Crippen molar-refractivity contribution in [2.24, 2.45) is 11.3 Å². The summed E-state index contributed by atoms with van der Waals surface area (Å²) in [5.41, 5.74) is -0.0133. The molecule has 0 radical (unpaired) electrons. The molecule has 1 aliphatic heterocycles. The van der Waals surface area contributed by atoms with Gasteiger partial charge in [-0.05, 0) is 50.4 Å². The molecule has 2 saturated carbocycles. The molecule has 7 nitrogen and oxygen atoms in total. The fraction of sp³-hybridized carbons (Fsp3) is 0.833. The summed E-state index contributed by atoms with van der Waals surface area (Å²) in [5, 5.41) is 5.52. The van der Waals surface area contributed by atoms with Gasteiger partial charge in [-0.1, -0.05) is 46.5 Å². The molecule has 3 aliphatic rings. The van der Waals surface area contributed by atoms with Crippen molar-refractivity contribution in [1.29, 1.82) is 0 Å². The Morgan fingerprint density at radius 1 is 1.03 bits per heavy atom. The Bertz CT molecular complexity index is 697. The second-order valence-corrected chi connectivity index (χ2v) is 10.1. The van der Waals surface area contributed by atoms with Crippen molar-refractivity contribution in [3.8, 4) is 0 Å². The highest BCUT2D eigenvalue weighted by molar-refractivity contribution is 6.38. The lowest BCUT2D eigenvalue weighted by Gasteiger charge is -2.40. The maximum absolute atomic E-state index is 13.4. The molecule has 3 fully saturated rings. The van der Waals surface area contributed by atoms with E-state index in [1.807, 2.05) is 13.8 Å². The Balaban J connectivity index is 1.63. The van der Waals surface area contributed by atoms with Crippen LogP contribution in [-0.4, -0.2) is 53.1 Å². The average Bonchev–Trinajstić information content (AvgIpc) is 3.43. The van der Waals surface area contributed by atoms with Crippen LogP contribution < -0.4 is 10.6 Å². The van der Waals surface area contributed by atoms with E-state index >= 15 is 0 Å². The maximum Gasteiger partial charge on any atom is 0.289 e. The molecule has 0 bridgehead atoms. The first-order valence-electron chi connectivity index (χ1n) is 12.2. The number of hydrogen-bond acceptors (Lipinski definition) is 4. The number of likely N-dealkylation sites (tertiary alicyclic amines) is 1. The predicted molar refractivity (Wildman–Crippen MR) is 118 cm³/mol. The number of ketones is 1. The molecule has 3 rings (SSSR count). The lowest BCUT2D eigenvalue weighted by molar-refractivity contribution is -0.146. The second kappa shape index (κ2) is 10.1. The van der Waals surface area contributed by atoms with Crippen molar-refractivity contribution < 1.29 is 19.2 Å². The quantitative estimate of drug-likeness (QED) is 0.547. The van der Waals surface area contributed by atoms with Crippen molar-refractivity contribution in [2.75, 3.05) is 6.54 Å². The van der Waals surface area contributed by atoms with E-state index in [9.17, 15) is 19.2 Å². The Morgan fingerprint density at radius 3 is 2.32 bits per heavy atom. The lowest BCUT2D eigenvalue weighted by Crippen LogP contribution is -2.54. The molecule has 7 heteroatoms. The topological polar surface area (TPSA) is 95.6 Å². The zero-order valence-electron chi connectivity index (χ0n) is 19.4. The van der Waals surface area contributed by atoms with Crippen molar-refractivity contribution in [3.63, 3.8) is 0 Å². The smallest absolute Gasteiger partial charge is 0.289 e. The molecular weight excluding hydrogens is 394 g/mol. The summed E-state index contributed by atoms with van der Waals surface area (Å²) in [6.45, 7) is 6.70. The van der Waals surface area contributed by atoms with Gasteiger partial charge in [0.25, 0.3) is 5.91 Å². The van der Waals surface area contributed by atoms with Crippen molar-refractivity contribution in [1.82, 2.24) is 15.5 Å². The SMILES string of the molecule is CCCC(NC(=O)[C@@H]1CCCN1C(=O)[C@@H](C)C1(C)CCCCC1)C(=O)C(=O)NC1CC1. The van der Waals surface area contributed by atoms with Gasteiger partial charge in [0.1, 0.15) is 6.04 Å². The van der Waals surface area contributed by atoms with Crippen LogP contribution in [0.3, 0.4) is 0 Å². The zero-order valence-corrected chi connectivity index (χ0v) is 19.4. The molecule has 0 aromatic heterocycles. The third-order valence-corrected chi connectivity index (χ3v) is 7.60. The summed E-state index contributed by atoms with van der Waals surface area (Å²) >= 11 is 0. The fourth-order valence-electron chi connectivity index (χ4n) is 5.11. The summed E-state index contributed by atoms with van der Waals surface area (Å²) < 4.78 is 0. The third kappa shape index (κ3) is 5.66. The normalized spacial score (nSPS) is 24.9. The monoisotopic (exact) mass is 433 g/mol. The number of hydrogen-bond donors (Lipinski definition) is 2. The Kier molecular flexibility index (Phi) is 7.76. The van der Waals surface area contributed by atoms with Crippen LogP contribution in [0.1, 0.15) is 91.4 Å². The van der Waals surface area contributed by atoms with Crippen molar-refractivity contribution in [2.45, 2.75) is 110 Å². The van der Waals surface area contributed by atoms with Gasteiger partial charge in [-0.3, -0.25) is 19.2 Å². The maximum atomic E-state index is 13.4. The van der Waals surface area contributed by atoms with Gasteiger partial charge >= 0.3 is 0 Å². The Labute approximate surface area is 186 Å². The largest absolute Gasteiger partial charge is 0.347 e. The van der Waals surface area contributed by atoms with Crippen LogP contribution in [-0.2, 0) is 19.2 Å². The van der Waals surface area contributed by atoms with E-state index < -0.39 is 23.8 Å². The molecule has 2 aliphatic carbocycles. The van der Waals surface area contributed by atoms with Gasteiger partial charge < -0.3 is 15.5 Å². The number of rotatable bonds is 9. The minimum absolute atomic E-state index is 0.0133. The van der Waals surface area contributed by atoms with Gasteiger partial charge in [0.2, 0.25) is 17.6 Å². The summed E-state index contributed by atoms with van der Waals surface area (Å²) in [5.74, 6) is -1.58. The number of Topliss-reactive ketones (excluding diaryl/α,β-unsaturated/α-hetero) is 1. The minimum atomic E-state index is -0.831. The molecule has 0 spiro atoms. The first-order chi connectivity index (χ1) is 14.8. The standard InChI is InChI=1S/C24H39N3O4/c1-4-9-18(20(28)22(30)25-17-11-12-17)26-21(29)19-10-8-15-27(19)23(31)16(2)24(3)13-6-5-7-14-24/h16-19H,4-15H2,1-3H3,(H,25,30)(H,26,29)/t16-,18?,19+/m1/s1. The van der Waals surface area contributed by atoms with E-state index in [2.05, 4.69) is 17.6 Å². The molecule has 0 aromatic carbocycles. The highest BCUT2D eigenvalue weighted by atomic mass is 16.2. The molecule has 2 N–H and O–H groups in total. The van der Waals surface area contributed by atoms with Gasteiger partial charge in [0, 0.05) is 18.5 Å². The molecule has 1 heterocycles.